The summed E-state index contributed by atoms with van der Waals surface area (Å²) in [6.07, 6.45) is 4.39. The molecule has 8 heteroatoms. The number of sulfonamides is 1. The fourth-order valence-corrected chi connectivity index (χ4v) is 2.45. The highest BCUT2D eigenvalue weighted by Crippen LogP contribution is 2.16. The first-order valence-electron chi connectivity index (χ1n) is 6.30. The van der Waals surface area contributed by atoms with Crippen molar-refractivity contribution in [3.05, 3.63) is 48.3 Å². The van der Waals surface area contributed by atoms with Crippen molar-refractivity contribution >= 4 is 21.2 Å². The van der Waals surface area contributed by atoms with Crippen LogP contribution in [0.3, 0.4) is 0 Å². The molecule has 0 aliphatic carbocycles. The Morgan fingerprint density at radius 3 is 2.90 bits per heavy atom. The summed E-state index contributed by atoms with van der Waals surface area (Å²) in [5, 5.41) is 0. The van der Waals surface area contributed by atoms with Gasteiger partial charge in [-0.05, 0) is 24.3 Å². The van der Waals surface area contributed by atoms with Crippen LogP contribution < -0.4 is 4.72 Å². The topological polar surface area (TPSA) is 90.0 Å². The van der Waals surface area contributed by atoms with E-state index in [4.69, 9.17) is 4.42 Å². The van der Waals surface area contributed by atoms with Gasteiger partial charge in [-0.15, -0.1) is 0 Å². The third kappa shape index (κ3) is 3.11. The smallest absolute Gasteiger partial charge is 0.209 e. The minimum absolute atomic E-state index is 0.107. The first kappa shape index (κ1) is 13.8. The van der Waals surface area contributed by atoms with Gasteiger partial charge in [0.25, 0.3) is 0 Å². The van der Waals surface area contributed by atoms with Gasteiger partial charge in [0, 0.05) is 6.20 Å². The van der Waals surface area contributed by atoms with E-state index in [0.29, 0.717) is 23.5 Å². The van der Waals surface area contributed by atoms with E-state index in [1.165, 1.54) is 0 Å². The number of aromatic nitrogens is 3. The summed E-state index contributed by atoms with van der Waals surface area (Å²) in [7, 11) is -3.29. The van der Waals surface area contributed by atoms with E-state index in [0.717, 1.165) is 12.0 Å². The van der Waals surface area contributed by atoms with Crippen molar-refractivity contribution in [3.8, 4) is 0 Å². The fraction of sp³-hybridized carbons (Fsp3) is 0.231. The Hall–Kier alpha value is -2.19. The molecule has 7 nitrogen and oxygen atoms in total. The van der Waals surface area contributed by atoms with Gasteiger partial charge in [-0.2, -0.15) is 0 Å². The van der Waals surface area contributed by atoms with Gasteiger partial charge in [0.05, 0.1) is 25.6 Å². The Morgan fingerprint density at radius 1 is 1.33 bits per heavy atom. The lowest BCUT2D eigenvalue weighted by Crippen LogP contribution is -2.23. The Bertz CT molecular complexity index is 853. The van der Waals surface area contributed by atoms with E-state index in [1.54, 1.807) is 24.6 Å². The highest BCUT2D eigenvalue weighted by Gasteiger charge is 2.14. The molecule has 21 heavy (non-hydrogen) atoms. The van der Waals surface area contributed by atoms with Crippen molar-refractivity contribution < 1.29 is 12.8 Å². The number of furan rings is 1. The molecule has 0 bridgehead atoms. The maximum atomic E-state index is 11.3. The van der Waals surface area contributed by atoms with Gasteiger partial charge in [-0.3, -0.25) is 0 Å². The molecule has 0 unspecified atom stereocenters. The van der Waals surface area contributed by atoms with E-state index in [-0.39, 0.29) is 6.54 Å². The monoisotopic (exact) mass is 306 g/mol. The van der Waals surface area contributed by atoms with Crippen LogP contribution >= 0.6 is 0 Å². The molecule has 0 fully saturated rings. The molecule has 3 aromatic rings. The van der Waals surface area contributed by atoms with Gasteiger partial charge in [0.15, 0.2) is 5.65 Å². The zero-order chi connectivity index (χ0) is 14.9. The lowest BCUT2D eigenvalue weighted by atomic mass is 10.4. The van der Waals surface area contributed by atoms with Gasteiger partial charge in [-0.25, -0.2) is 23.1 Å². The molecule has 0 spiro atoms. The first-order valence-corrected chi connectivity index (χ1v) is 8.19. The lowest BCUT2D eigenvalue weighted by Gasteiger charge is -2.07. The van der Waals surface area contributed by atoms with Crippen molar-refractivity contribution in [2.45, 2.75) is 13.1 Å². The van der Waals surface area contributed by atoms with Crippen LogP contribution in [0.4, 0.5) is 0 Å². The Morgan fingerprint density at radius 2 is 2.19 bits per heavy atom. The summed E-state index contributed by atoms with van der Waals surface area (Å²) in [5.74, 6) is 1.34. The molecule has 0 atom stereocenters. The number of fused-ring (bicyclic) bond motifs is 1. The summed E-state index contributed by atoms with van der Waals surface area (Å²) >= 11 is 0. The van der Waals surface area contributed by atoms with Crippen molar-refractivity contribution in [1.82, 2.24) is 19.3 Å². The molecule has 3 aromatic heterocycles. The zero-order valence-electron chi connectivity index (χ0n) is 11.4. The van der Waals surface area contributed by atoms with E-state index in [1.807, 2.05) is 16.7 Å². The summed E-state index contributed by atoms with van der Waals surface area (Å²) < 4.78 is 32.2. The second-order valence-corrected chi connectivity index (χ2v) is 6.47. The predicted octanol–water partition coefficient (Wildman–Crippen LogP) is 1.12. The van der Waals surface area contributed by atoms with Crippen molar-refractivity contribution in [2.24, 2.45) is 0 Å². The first-order chi connectivity index (χ1) is 10.0. The summed E-state index contributed by atoms with van der Waals surface area (Å²) in [5.41, 5.74) is 1.41. The molecule has 0 saturated carbocycles. The average Bonchev–Trinajstić information content (AvgIpc) is 3.05. The zero-order valence-corrected chi connectivity index (χ0v) is 12.2. The van der Waals surface area contributed by atoms with E-state index in [2.05, 4.69) is 14.7 Å². The number of rotatable bonds is 5. The minimum Gasteiger partial charge on any atom is -0.467 e. The molecule has 0 radical (unpaired) electrons. The molecular weight excluding hydrogens is 292 g/mol. The quantitative estimate of drug-likeness (QED) is 0.763. The normalized spacial score (nSPS) is 12.0. The van der Waals surface area contributed by atoms with Crippen molar-refractivity contribution in [2.75, 3.05) is 6.26 Å². The van der Waals surface area contributed by atoms with Crippen LogP contribution in [-0.2, 0) is 23.1 Å². The standard InChI is InChI=1S/C13H14N4O3S/c1-21(18,19)15-8-12-16-11-5-2-6-14-13(11)17(12)9-10-4-3-7-20-10/h2-7,15H,8-9H2,1H3. The van der Waals surface area contributed by atoms with E-state index in [9.17, 15) is 8.42 Å². The van der Waals surface area contributed by atoms with Crippen molar-refractivity contribution in [1.29, 1.82) is 0 Å². The minimum atomic E-state index is -3.29. The maximum Gasteiger partial charge on any atom is 0.209 e. The summed E-state index contributed by atoms with van der Waals surface area (Å²) in [6.45, 7) is 0.553. The Balaban J connectivity index is 2.01. The average molecular weight is 306 g/mol. The van der Waals surface area contributed by atoms with Crippen LogP contribution in [0, 0.1) is 0 Å². The molecule has 1 N–H and O–H groups in total. The van der Waals surface area contributed by atoms with Gasteiger partial charge in [-0.1, -0.05) is 0 Å². The van der Waals surface area contributed by atoms with Crippen LogP contribution in [0.25, 0.3) is 11.2 Å². The summed E-state index contributed by atoms with van der Waals surface area (Å²) in [4.78, 5) is 8.74. The summed E-state index contributed by atoms with van der Waals surface area (Å²) in [6, 6.07) is 7.28. The molecular formula is C13H14N4O3S. The second-order valence-electron chi connectivity index (χ2n) is 4.63. The van der Waals surface area contributed by atoms with Crippen LogP contribution in [0.2, 0.25) is 0 Å². The second kappa shape index (κ2) is 5.30. The van der Waals surface area contributed by atoms with Crippen LogP contribution in [0.1, 0.15) is 11.6 Å². The molecule has 0 aliphatic rings. The van der Waals surface area contributed by atoms with E-state index < -0.39 is 10.0 Å². The number of nitrogens with zero attached hydrogens (tertiary/aromatic N) is 3. The van der Waals surface area contributed by atoms with Crippen LogP contribution in [0.15, 0.2) is 41.1 Å². The molecule has 3 rings (SSSR count). The SMILES string of the molecule is CS(=O)(=O)NCc1nc2cccnc2n1Cc1ccco1. The fourth-order valence-electron chi connectivity index (χ4n) is 2.06. The number of hydrogen-bond acceptors (Lipinski definition) is 5. The largest absolute Gasteiger partial charge is 0.467 e. The maximum absolute atomic E-state index is 11.3. The highest BCUT2D eigenvalue weighted by molar-refractivity contribution is 7.88. The molecule has 0 saturated heterocycles. The third-order valence-corrected chi connectivity index (χ3v) is 3.64. The number of imidazole rings is 1. The lowest BCUT2D eigenvalue weighted by molar-refractivity contribution is 0.490. The van der Waals surface area contributed by atoms with Gasteiger partial charge in [0.2, 0.25) is 10.0 Å². The van der Waals surface area contributed by atoms with Gasteiger partial charge in [0.1, 0.15) is 17.1 Å². The number of hydrogen-bond donors (Lipinski definition) is 1. The highest BCUT2D eigenvalue weighted by atomic mass is 32.2. The van der Waals surface area contributed by atoms with Gasteiger partial charge >= 0.3 is 0 Å². The molecule has 0 aliphatic heterocycles. The molecule has 0 amide bonds. The number of nitrogens with one attached hydrogen (secondary N) is 1. The van der Waals surface area contributed by atoms with Crippen LogP contribution in [0.5, 0.6) is 0 Å². The molecule has 3 heterocycles. The molecule has 110 valence electrons. The van der Waals surface area contributed by atoms with E-state index >= 15 is 0 Å². The molecule has 0 aromatic carbocycles. The Labute approximate surface area is 121 Å². The predicted molar refractivity (Wildman–Crippen MR) is 77.0 cm³/mol. The third-order valence-electron chi connectivity index (χ3n) is 2.97. The van der Waals surface area contributed by atoms with Crippen molar-refractivity contribution in [3.63, 3.8) is 0 Å². The van der Waals surface area contributed by atoms with Gasteiger partial charge < -0.3 is 8.98 Å². The Kier molecular flexibility index (Phi) is 3.48. The number of pyridine rings is 1. The van der Waals surface area contributed by atoms with Crippen LogP contribution in [-0.4, -0.2) is 29.2 Å².